The van der Waals surface area contributed by atoms with E-state index in [-0.39, 0.29) is 37.4 Å². The highest BCUT2D eigenvalue weighted by atomic mass is 16.7. The standard InChI is InChI=1S/C30H42N4O7/c1-19-16-34(20(2)17-35)29(36)24-13-22(32-30(37)33-23-9-11-26-27(14-23)40-18-39-26)8-10-25(24)41-21(3)7-5-6-12-38-28(19)15-31-4/h8-11,13-14,19-21,28,31,35H,5-7,12,15-18H2,1-4H3,(H2,32,33,37)/t19-,20-,21-,28-/m0/s1. The second-order valence-electron chi connectivity index (χ2n) is 10.7. The Morgan fingerprint density at radius 1 is 1.05 bits per heavy atom. The molecule has 4 rings (SSSR count). The van der Waals surface area contributed by atoms with Crippen LogP contribution in [-0.4, -0.2) is 80.3 Å². The number of carbonyl (C=O) groups is 2. The zero-order valence-corrected chi connectivity index (χ0v) is 24.3. The normalized spacial score (nSPS) is 22.2. The maximum Gasteiger partial charge on any atom is 0.323 e. The van der Waals surface area contributed by atoms with Crippen molar-refractivity contribution in [2.45, 2.75) is 58.3 Å². The van der Waals surface area contributed by atoms with Gasteiger partial charge in [-0.1, -0.05) is 6.92 Å². The number of rotatable bonds is 6. The van der Waals surface area contributed by atoms with Gasteiger partial charge in [0, 0.05) is 43.1 Å². The molecule has 41 heavy (non-hydrogen) atoms. The zero-order chi connectivity index (χ0) is 29.4. The number of nitrogens with zero attached hydrogens (tertiary/aromatic N) is 1. The summed E-state index contributed by atoms with van der Waals surface area (Å²) in [4.78, 5) is 28.6. The third kappa shape index (κ3) is 8.02. The van der Waals surface area contributed by atoms with E-state index in [0.29, 0.717) is 53.9 Å². The number of fused-ring (bicyclic) bond motifs is 2. The van der Waals surface area contributed by atoms with E-state index < -0.39 is 12.1 Å². The fourth-order valence-electron chi connectivity index (χ4n) is 4.96. The highest BCUT2D eigenvalue weighted by Crippen LogP contribution is 2.34. The van der Waals surface area contributed by atoms with E-state index >= 15 is 0 Å². The van der Waals surface area contributed by atoms with Crippen LogP contribution in [0.2, 0.25) is 0 Å². The molecule has 2 aliphatic rings. The Morgan fingerprint density at radius 3 is 2.49 bits per heavy atom. The molecule has 0 bridgehead atoms. The van der Waals surface area contributed by atoms with Crippen molar-refractivity contribution in [3.05, 3.63) is 42.0 Å². The van der Waals surface area contributed by atoms with Crippen molar-refractivity contribution in [2.75, 3.05) is 50.8 Å². The Hall–Kier alpha value is -3.54. The van der Waals surface area contributed by atoms with E-state index in [2.05, 4.69) is 22.9 Å². The minimum atomic E-state index is -0.479. The van der Waals surface area contributed by atoms with Gasteiger partial charge in [0.2, 0.25) is 6.79 Å². The molecule has 2 aromatic carbocycles. The van der Waals surface area contributed by atoms with Gasteiger partial charge < -0.3 is 44.9 Å². The maximum absolute atomic E-state index is 14.1. The van der Waals surface area contributed by atoms with E-state index in [0.717, 1.165) is 19.3 Å². The van der Waals surface area contributed by atoms with Gasteiger partial charge in [-0.25, -0.2) is 4.79 Å². The largest absolute Gasteiger partial charge is 0.490 e. The highest BCUT2D eigenvalue weighted by molar-refractivity contribution is 6.02. The molecular weight excluding hydrogens is 528 g/mol. The molecule has 2 heterocycles. The lowest BCUT2D eigenvalue weighted by Crippen LogP contribution is -2.47. The monoisotopic (exact) mass is 570 g/mol. The quantitative estimate of drug-likeness (QED) is 0.409. The zero-order valence-electron chi connectivity index (χ0n) is 24.3. The summed E-state index contributed by atoms with van der Waals surface area (Å²) in [5.74, 6) is 1.32. The summed E-state index contributed by atoms with van der Waals surface area (Å²) in [6.07, 6.45) is 2.42. The van der Waals surface area contributed by atoms with Crippen molar-refractivity contribution in [2.24, 2.45) is 5.92 Å². The molecule has 0 saturated heterocycles. The first-order valence-corrected chi connectivity index (χ1v) is 14.3. The molecule has 0 unspecified atom stereocenters. The van der Waals surface area contributed by atoms with Gasteiger partial charge in [-0.15, -0.1) is 0 Å². The fourth-order valence-corrected chi connectivity index (χ4v) is 4.96. The molecule has 0 spiro atoms. The first-order chi connectivity index (χ1) is 19.8. The molecular formula is C30H42N4O7. The Morgan fingerprint density at radius 2 is 1.76 bits per heavy atom. The van der Waals surface area contributed by atoms with E-state index in [1.54, 1.807) is 41.3 Å². The van der Waals surface area contributed by atoms with Crippen LogP contribution in [0, 0.1) is 5.92 Å². The lowest BCUT2D eigenvalue weighted by molar-refractivity contribution is -0.000451. The molecule has 2 aliphatic heterocycles. The summed E-state index contributed by atoms with van der Waals surface area (Å²) in [5, 5.41) is 18.8. The van der Waals surface area contributed by atoms with Crippen LogP contribution < -0.4 is 30.2 Å². The van der Waals surface area contributed by atoms with Gasteiger partial charge in [0.05, 0.1) is 30.4 Å². The number of hydrogen-bond acceptors (Lipinski definition) is 8. The second-order valence-corrected chi connectivity index (χ2v) is 10.7. The minimum Gasteiger partial charge on any atom is -0.490 e. The number of urea groups is 1. The number of hydrogen-bond donors (Lipinski definition) is 4. The molecule has 2 aromatic rings. The predicted molar refractivity (Wildman–Crippen MR) is 156 cm³/mol. The first kappa shape index (κ1) is 30.4. The smallest absolute Gasteiger partial charge is 0.323 e. The number of nitrogens with one attached hydrogen (secondary N) is 3. The maximum atomic E-state index is 14.1. The van der Waals surface area contributed by atoms with Crippen molar-refractivity contribution in [1.82, 2.24) is 10.2 Å². The lowest BCUT2D eigenvalue weighted by Gasteiger charge is -2.34. The summed E-state index contributed by atoms with van der Waals surface area (Å²) in [5.41, 5.74) is 1.27. The van der Waals surface area contributed by atoms with Gasteiger partial charge in [-0.3, -0.25) is 4.79 Å². The van der Waals surface area contributed by atoms with Crippen LogP contribution in [0.15, 0.2) is 36.4 Å². The van der Waals surface area contributed by atoms with Crippen molar-refractivity contribution in [1.29, 1.82) is 0 Å². The van der Waals surface area contributed by atoms with Gasteiger partial charge in [-0.2, -0.15) is 0 Å². The SMILES string of the molecule is CNC[C@@H]1OCCCC[C@H](C)Oc2ccc(NC(=O)Nc3ccc4c(c3)OCO4)cc2C(=O)N([C@@H](C)CO)C[C@@H]1C. The van der Waals surface area contributed by atoms with Gasteiger partial charge in [0.15, 0.2) is 11.5 Å². The van der Waals surface area contributed by atoms with Crippen molar-refractivity contribution in [3.8, 4) is 17.2 Å². The number of aliphatic hydroxyl groups excluding tert-OH is 1. The molecule has 224 valence electrons. The number of likely N-dealkylation sites (N-methyl/N-ethyl adjacent to an activating group) is 1. The van der Waals surface area contributed by atoms with E-state index in [1.165, 1.54) is 0 Å². The molecule has 0 radical (unpaired) electrons. The third-order valence-corrected chi connectivity index (χ3v) is 7.35. The molecule has 0 aliphatic carbocycles. The summed E-state index contributed by atoms with van der Waals surface area (Å²) in [7, 11) is 1.88. The van der Waals surface area contributed by atoms with E-state index in [1.807, 2.05) is 20.9 Å². The fraction of sp³-hybridized carbons (Fsp3) is 0.533. The summed E-state index contributed by atoms with van der Waals surface area (Å²) in [6, 6.07) is 9.26. The van der Waals surface area contributed by atoms with E-state index in [9.17, 15) is 14.7 Å². The molecule has 4 atom stereocenters. The van der Waals surface area contributed by atoms with Gasteiger partial charge in [0.1, 0.15) is 5.75 Å². The van der Waals surface area contributed by atoms with Gasteiger partial charge in [-0.05, 0) is 70.5 Å². The number of aliphatic hydroxyl groups is 1. The topological polar surface area (TPSA) is 131 Å². The number of amides is 3. The van der Waals surface area contributed by atoms with E-state index in [4.69, 9.17) is 18.9 Å². The molecule has 4 N–H and O–H groups in total. The van der Waals surface area contributed by atoms with Gasteiger partial charge in [0.25, 0.3) is 5.91 Å². The first-order valence-electron chi connectivity index (χ1n) is 14.3. The predicted octanol–water partition coefficient (Wildman–Crippen LogP) is 4.07. The highest BCUT2D eigenvalue weighted by Gasteiger charge is 2.30. The lowest BCUT2D eigenvalue weighted by atomic mass is 10.0. The van der Waals surface area contributed by atoms with Crippen LogP contribution in [0.5, 0.6) is 17.2 Å². The average Bonchev–Trinajstić information content (AvgIpc) is 3.42. The molecule has 3 amide bonds. The summed E-state index contributed by atoms with van der Waals surface area (Å²) < 4.78 is 23.2. The molecule has 0 saturated carbocycles. The average molecular weight is 571 g/mol. The van der Waals surface area contributed by atoms with Crippen LogP contribution in [0.4, 0.5) is 16.2 Å². The Bertz CT molecular complexity index is 1190. The summed E-state index contributed by atoms with van der Waals surface area (Å²) >= 11 is 0. The van der Waals surface area contributed by atoms with Crippen molar-refractivity contribution < 1.29 is 33.6 Å². The Labute approximate surface area is 241 Å². The minimum absolute atomic E-state index is 0.000388. The molecule has 0 aromatic heterocycles. The third-order valence-electron chi connectivity index (χ3n) is 7.35. The number of carbonyl (C=O) groups excluding carboxylic acids is 2. The Kier molecular flexibility index (Phi) is 10.7. The van der Waals surface area contributed by atoms with Crippen LogP contribution in [0.1, 0.15) is 50.4 Å². The van der Waals surface area contributed by atoms with Crippen LogP contribution >= 0.6 is 0 Å². The van der Waals surface area contributed by atoms with Crippen LogP contribution in [0.3, 0.4) is 0 Å². The van der Waals surface area contributed by atoms with Crippen molar-refractivity contribution in [3.63, 3.8) is 0 Å². The van der Waals surface area contributed by atoms with Gasteiger partial charge >= 0.3 is 6.03 Å². The second kappa shape index (κ2) is 14.4. The van der Waals surface area contributed by atoms with Crippen LogP contribution in [0.25, 0.3) is 0 Å². The summed E-state index contributed by atoms with van der Waals surface area (Å²) in [6.45, 7) is 7.45. The molecule has 0 fully saturated rings. The number of anilines is 2. The van der Waals surface area contributed by atoms with Crippen molar-refractivity contribution >= 4 is 23.3 Å². The number of ether oxygens (including phenoxy) is 4. The molecule has 11 nitrogen and oxygen atoms in total. The number of benzene rings is 2. The van der Waals surface area contributed by atoms with Crippen LogP contribution in [-0.2, 0) is 4.74 Å². The molecule has 11 heteroatoms. The Balaban J connectivity index is 1.60.